The van der Waals surface area contributed by atoms with Gasteiger partial charge in [0.15, 0.2) is 5.78 Å². The van der Waals surface area contributed by atoms with Crippen molar-refractivity contribution in [2.75, 3.05) is 13.1 Å². The Morgan fingerprint density at radius 3 is 2.67 bits per heavy atom. The molecule has 0 atom stereocenters. The average Bonchev–Trinajstić information content (AvgIpc) is 3.01. The van der Waals surface area contributed by atoms with E-state index in [-0.39, 0.29) is 18.1 Å². The van der Waals surface area contributed by atoms with E-state index in [4.69, 9.17) is 6.42 Å². The quantitative estimate of drug-likeness (QED) is 0.556. The highest BCUT2D eigenvalue weighted by atomic mass is 19.1. The second kappa shape index (κ2) is 7.12. The van der Waals surface area contributed by atoms with Crippen LogP contribution in [0.1, 0.15) is 15.9 Å². The summed E-state index contributed by atoms with van der Waals surface area (Å²) in [4.78, 5) is 17.6. The van der Waals surface area contributed by atoms with E-state index in [1.54, 1.807) is 18.3 Å². The topological polar surface area (TPSA) is 36.1 Å². The first-order chi connectivity index (χ1) is 11.7. The highest BCUT2D eigenvalue weighted by Gasteiger charge is 2.16. The van der Waals surface area contributed by atoms with Gasteiger partial charge in [-0.05, 0) is 23.8 Å². The van der Waals surface area contributed by atoms with Crippen molar-refractivity contribution in [2.45, 2.75) is 6.54 Å². The number of carbonyl (C=O) groups excluding carboxylic acids is 1. The van der Waals surface area contributed by atoms with E-state index in [1.165, 1.54) is 12.1 Å². The number of aromatic amines is 1. The van der Waals surface area contributed by atoms with Gasteiger partial charge in [0.2, 0.25) is 0 Å². The monoisotopic (exact) mass is 320 g/mol. The Labute approximate surface area is 140 Å². The number of terminal acetylenes is 1. The lowest BCUT2D eigenvalue weighted by atomic mass is 10.1. The minimum Gasteiger partial charge on any atom is -0.360 e. The number of hydrogen-bond acceptors (Lipinski definition) is 2. The van der Waals surface area contributed by atoms with Gasteiger partial charge >= 0.3 is 0 Å². The van der Waals surface area contributed by atoms with Crippen LogP contribution in [0.5, 0.6) is 0 Å². The van der Waals surface area contributed by atoms with Gasteiger partial charge in [0.1, 0.15) is 5.82 Å². The first kappa shape index (κ1) is 16.0. The van der Waals surface area contributed by atoms with Crippen LogP contribution in [-0.2, 0) is 6.54 Å². The Bertz CT molecular complexity index is 890. The highest BCUT2D eigenvalue weighted by molar-refractivity contribution is 6.08. The molecule has 24 heavy (non-hydrogen) atoms. The summed E-state index contributed by atoms with van der Waals surface area (Å²) in [7, 11) is 0. The van der Waals surface area contributed by atoms with Crippen molar-refractivity contribution in [3.05, 3.63) is 71.7 Å². The fourth-order valence-electron chi connectivity index (χ4n) is 2.74. The van der Waals surface area contributed by atoms with E-state index in [1.807, 2.05) is 29.2 Å². The number of carbonyl (C=O) groups is 1. The molecule has 120 valence electrons. The van der Waals surface area contributed by atoms with Gasteiger partial charge in [-0.2, -0.15) is 0 Å². The zero-order chi connectivity index (χ0) is 16.9. The van der Waals surface area contributed by atoms with E-state index in [9.17, 15) is 9.18 Å². The summed E-state index contributed by atoms with van der Waals surface area (Å²) in [6.45, 7) is 1.06. The predicted molar refractivity (Wildman–Crippen MR) is 93.1 cm³/mol. The van der Waals surface area contributed by atoms with Crippen molar-refractivity contribution in [3.8, 4) is 12.3 Å². The largest absolute Gasteiger partial charge is 0.360 e. The summed E-state index contributed by atoms with van der Waals surface area (Å²) in [5.41, 5.74) is 2.51. The SMILES string of the molecule is C#CCN(CC(=O)c1c[nH]c2ccccc12)Cc1ccc(F)cc1. The van der Waals surface area contributed by atoms with Crippen LogP contribution >= 0.6 is 0 Å². The Kier molecular flexibility index (Phi) is 4.74. The number of para-hydroxylation sites is 1. The summed E-state index contributed by atoms with van der Waals surface area (Å²) in [5, 5.41) is 0.907. The van der Waals surface area contributed by atoms with Gasteiger partial charge < -0.3 is 4.98 Å². The van der Waals surface area contributed by atoms with E-state index < -0.39 is 0 Å². The van der Waals surface area contributed by atoms with Crippen LogP contribution in [0.4, 0.5) is 4.39 Å². The molecule has 0 saturated heterocycles. The molecule has 3 nitrogen and oxygen atoms in total. The Morgan fingerprint density at radius 2 is 1.92 bits per heavy atom. The molecule has 1 heterocycles. The molecule has 0 amide bonds. The molecule has 0 fully saturated rings. The number of hydrogen-bond donors (Lipinski definition) is 1. The van der Waals surface area contributed by atoms with Gasteiger partial charge in [0, 0.05) is 29.2 Å². The zero-order valence-electron chi connectivity index (χ0n) is 13.1. The zero-order valence-corrected chi connectivity index (χ0v) is 13.1. The van der Waals surface area contributed by atoms with Crippen molar-refractivity contribution >= 4 is 16.7 Å². The minimum atomic E-state index is -0.280. The van der Waals surface area contributed by atoms with Gasteiger partial charge in [0.05, 0.1) is 13.1 Å². The number of benzene rings is 2. The summed E-state index contributed by atoms with van der Waals surface area (Å²) in [6, 6.07) is 13.9. The van der Waals surface area contributed by atoms with Crippen molar-refractivity contribution in [1.29, 1.82) is 0 Å². The van der Waals surface area contributed by atoms with Gasteiger partial charge in [-0.1, -0.05) is 36.3 Å². The van der Waals surface area contributed by atoms with Crippen LogP contribution in [-0.4, -0.2) is 28.8 Å². The Hall–Kier alpha value is -2.90. The third kappa shape index (κ3) is 3.53. The number of Topliss-reactive ketones (excluding diaryl/α,β-unsaturated/α-hetero) is 1. The number of halogens is 1. The smallest absolute Gasteiger partial charge is 0.179 e. The van der Waals surface area contributed by atoms with Crippen molar-refractivity contribution in [1.82, 2.24) is 9.88 Å². The Balaban J connectivity index is 1.76. The maximum atomic E-state index is 13.0. The normalized spacial score (nSPS) is 10.9. The van der Waals surface area contributed by atoms with Crippen LogP contribution in [0.2, 0.25) is 0 Å². The molecule has 0 bridgehead atoms. The number of H-pyrrole nitrogens is 1. The van der Waals surface area contributed by atoms with E-state index in [2.05, 4.69) is 10.9 Å². The predicted octanol–water partition coefficient (Wildman–Crippen LogP) is 3.63. The second-order valence-corrected chi connectivity index (χ2v) is 5.65. The van der Waals surface area contributed by atoms with Crippen molar-refractivity contribution < 1.29 is 9.18 Å². The standard InChI is InChI=1S/C20H17FN2O/c1-2-11-23(13-15-7-9-16(21)10-8-15)14-20(24)18-12-22-19-6-4-3-5-17(18)19/h1,3-10,12,22H,11,13-14H2. The number of aromatic nitrogens is 1. The fourth-order valence-corrected chi connectivity index (χ4v) is 2.74. The molecule has 0 aliphatic carbocycles. The molecule has 0 unspecified atom stereocenters. The van der Waals surface area contributed by atoms with Crippen LogP contribution in [0.25, 0.3) is 10.9 Å². The summed E-state index contributed by atoms with van der Waals surface area (Å²) < 4.78 is 13.0. The van der Waals surface area contributed by atoms with Gasteiger partial charge in [-0.15, -0.1) is 6.42 Å². The van der Waals surface area contributed by atoms with Gasteiger partial charge in [-0.3, -0.25) is 9.69 Å². The molecular formula is C20H17FN2O. The summed E-state index contributed by atoms with van der Waals surface area (Å²) >= 11 is 0. The lowest BCUT2D eigenvalue weighted by Crippen LogP contribution is -2.30. The van der Waals surface area contributed by atoms with Gasteiger partial charge in [0.25, 0.3) is 0 Å². The maximum Gasteiger partial charge on any atom is 0.179 e. The van der Waals surface area contributed by atoms with Crippen LogP contribution in [0.15, 0.2) is 54.7 Å². The average molecular weight is 320 g/mol. The van der Waals surface area contributed by atoms with E-state index in [0.717, 1.165) is 16.5 Å². The molecule has 0 aliphatic rings. The number of rotatable bonds is 6. The first-order valence-corrected chi connectivity index (χ1v) is 7.67. The number of nitrogens with one attached hydrogen (secondary N) is 1. The first-order valence-electron chi connectivity index (χ1n) is 7.67. The summed E-state index contributed by atoms with van der Waals surface area (Å²) in [6.07, 6.45) is 7.16. The van der Waals surface area contributed by atoms with Gasteiger partial charge in [-0.25, -0.2) is 4.39 Å². The molecule has 4 heteroatoms. The molecular weight excluding hydrogens is 303 g/mol. The third-order valence-corrected chi connectivity index (χ3v) is 3.89. The Morgan fingerprint density at radius 1 is 1.17 bits per heavy atom. The van der Waals surface area contributed by atoms with E-state index >= 15 is 0 Å². The molecule has 0 aliphatic heterocycles. The van der Waals surface area contributed by atoms with Crippen LogP contribution < -0.4 is 0 Å². The molecule has 3 rings (SSSR count). The number of nitrogens with zero attached hydrogens (tertiary/aromatic N) is 1. The minimum absolute atomic E-state index is 0.00446. The molecule has 3 aromatic rings. The lowest BCUT2D eigenvalue weighted by molar-refractivity contribution is 0.0937. The molecule has 0 spiro atoms. The summed E-state index contributed by atoms with van der Waals surface area (Å²) in [5.74, 6) is 2.30. The number of fused-ring (bicyclic) bond motifs is 1. The fraction of sp³-hybridized carbons (Fsp3) is 0.150. The lowest BCUT2D eigenvalue weighted by Gasteiger charge is -2.19. The van der Waals surface area contributed by atoms with Crippen molar-refractivity contribution in [2.24, 2.45) is 0 Å². The molecule has 0 radical (unpaired) electrons. The van der Waals surface area contributed by atoms with E-state index in [0.29, 0.717) is 18.7 Å². The van der Waals surface area contributed by atoms with Crippen molar-refractivity contribution in [3.63, 3.8) is 0 Å². The third-order valence-electron chi connectivity index (χ3n) is 3.89. The van der Waals surface area contributed by atoms with Crippen LogP contribution in [0, 0.1) is 18.2 Å². The number of ketones is 1. The second-order valence-electron chi connectivity index (χ2n) is 5.65. The molecule has 1 N–H and O–H groups in total. The highest BCUT2D eigenvalue weighted by Crippen LogP contribution is 2.18. The molecule has 1 aromatic heterocycles. The maximum absolute atomic E-state index is 13.0. The molecule has 2 aromatic carbocycles. The van der Waals surface area contributed by atoms with Crippen LogP contribution in [0.3, 0.4) is 0 Å². The molecule has 0 saturated carbocycles.